The van der Waals surface area contributed by atoms with Crippen LogP contribution in [-0.2, 0) is 11.3 Å². The quantitative estimate of drug-likeness (QED) is 0.650. The molecule has 26 heavy (non-hydrogen) atoms. The van der Waals surface area contributed by atoms with E-state index in [0.29, 0.717) is 0 Å². The molecule has 134 valence electrons. The molecule has 0 saturated carbocycles. The lowest BCUT2D eigenvalue weighted by molar-refractivity contribution is 0.122. The van der Waals surface area contributed by atoms with Crippen molar-refractivity contribution in [3.8, 4) is 0 Å². The van der Waals surface area contributed by atoms with E-state index in [1.54, 1.807) is 0 Å². The summed E-state index contributed by atoms with van der Waals surface area (Å²) in [7, 11) is 2.09. The van der Waals surface area contributed by atoms with Gasteiger partial charge in [0.15, 0.2) is 0 Å². The third-order valence-electron chi connectivity index (χ3n) is 4.67. The summed E-state index contributed by atoms with van der Waals surface area (Å²) in [4.78, 5) is 13.6. The average molecular weight is 413 g/mol. The molecule has 0 aliphatic carbocycles. The maximum Gasteiger partial charge on any atom is 0.112 e. The maximum atomic E-state index is 5.43. The molecule has 0 amide bonds. The highest BCUT2D eigenvalue weighted by Crippen LogP contribution is 2.26. The van der Waals surface area contributed by atoms with Crippen molar-refractivity contribution in [3.05, 3.63) is 58.8 Å². The van der Waals surface area contributed by atoms with Crippen LogP contribution in [0, 0.1) is 0 Å². The zero-order valence-corrected chi connectivity index (χ0v) is 16.3. The first kappa shape index (κ1) is 17.2. The first-order chi connectivity index (χ1) is 12.7. The van der Waals surface area contributed by atoms with Gasteiger partial charge in [0.05, 0.1) is 24.4 Å². The molecule has 0 N–H and O–H groups in total. The topological polar surface area (TPSA) is 41.5 Å². The first-order valence-electron chi connectivity index (χ1n) is 8.74. The van der Waals surface area contributed by atoms with Gasteiger partial charge < -0.3 is 14.5 Å². The largest absolute Gasteiger partial charge is 0.378 e. The van der Waals surface area contributed by atoms with Gasteiger partial charge in [0.2, 0.25) is 0 Å². The van der Waals surface area contributed by atoms with Crippen molar-refractivity contribution in [3.63, 3.8) is 0 Å². The monoisotopic (exact) mass is 412 g/mol. The lowest BCUT2D eigenvalue weighted by atomic mass is 10.1. The summed E-state index contributed by atoms with van der Waals surface area (Å²) >= 11 is 3.46. The molecule has 0 bridgehead atoms. The van der Waals surface area contributed by atoms with E-state index in [4.69, 9.17) is 4.74 Å². The molecule has 3 aromatic rings. The van der Waals surface area contributed by atoms with Crippen molar-refractivity contribution in [2.75, 3.05) is 43.2 Å². The van der Waals surface area contributed by atoms with Crippen LogP contribution in [0.2, 0.25) is 0 Å². The molecule has 5 nitrogen and oxygen atoms in total. The number of anilines is 2. The minimum atomic E-state index is 0.808. The van der Waals surface area contributed by atoms with Crippen LogP contribution in [0.4, 0.5) is 11.4 Å². The molecule has 0 unspecified atom stereocenters. The molecule has 0 radical (unpaired) electrons. The number of hydrogen-bond acceptors (Lipinski definition) is 5. The molecule has 0 atom stereocenters. The van der Waals surface area contributed by atoms with E-state index in [2.05, 4.69) is 67.0 Å². The van der Waals surface area contributed by atoms with E-state index < -0.39 is 0 Å². The predicted molar refractivity (Wildman–Crippen MR) is 109 cm³/mol. The molecule has 1 fully saturated rings. The Morgan fingerprint density at radius 1 is 1.12 bits per heavy atom. The Kier molecular flexibility index (Phi) is 5.04. The second-order valence-electron chi connectivity index (χ2n) is 6.47. The van der Waals surface area contributed by atoms with Crippen molar-refractivity contribution < 1.29 is 4.74 Å². The van der Waals surface area contributed by atoms with Crippen LogP contribution in [0.5, 0.6) is 0 Å². The van der Waals surface area contributed by atoms with E-state index in [0.717, 1.165) is 54.0 Å². The molecule has 0 spiro atoms. The van der Waals surface area contributed by atoms with Gasteiger partial charge in [-0.2, -0.15) is 0 Å². The summed E-state index contributed by atoms with van der Waals surface area (Å²) in [6.07, 6.45) is 3.66. The van der Waals surface area contributed by atoms with Crippen molar-refractivity contribution in [1.82, 2.24) is 9.97 Å². The van der Waals surface area contributed by atoms with Gasteiger partial charge in [0.1, 0.15) is 5.52 Å². The van der Waals surface area contributed by atoms with E-state index in [9.17, 15) is 0 Å². The second-order valence-corrected chi connectivity index (χ2v) is 7.39. The third-order valence-corrected chi connectivity index (χ3v) is 5.10. The second kappa shape index (κ2) is 7.60. The fourth-order valence-corrected chi connectivity index (χ4v) is 3.61. The van der Waals surface area contributed by atoms with Crippen LogP contribution >= 0.6 is 15.9 Å². The maximum absolute atomic E-state index is 5.43. The first-order valence-corrected chi connectivity index (χ1v) is 9.53. The number of fused-ring (bicyclic) bond motifs is 1. The Morgan fingerprint density at radius 3 is 2.65 bits per heavy atom. The Labute approximate surface area is 161 Å². The molecule has 6 heteroatoms. The minimum absolute atomic E-state index is 0.808. The molecule has 3 heterocycles. The number of benzene rings is 1. The van der Waals surface area contributed by atoms with Crippen LogP contribution in [0.1, 0.15) is 5.56 Å². The molecule has 1 aliphatic heterocycles. The van der Waals surface area contributed by atoms with Crippen LogP contribution in [0.25, 0.3) is 11.0 Å². The van der Waals surface area contributed by atoms with Gasteiger partial charge in [0.25, 0.3) is 0 Å². The normalized spacial score (nSPS) is 14.6. The minimum Gasteiger partial charge on any atom is -0.378 e. The molecule has 4 rings (SSSR count). The van der Waals surface area contributed by atoms with Gasteiger partial charge in [-0.05, 0) is 45.8 Å². The molecule has 2 aromatic heterocycles. The molecule has 1 saturated heterocycles. The van der Waals surface area contributed by atoms with Crippen molar-refractivity contribution in [2.24, 2.45) is 0 Å². The fraction of sp³-hybridized carbons (Fsp3) is 0.300. The third kappa shape index (κ3) is 3.66. The van der Waals surface area contributed by atoms with E-state index in [1.165, 1.54) is 11.3 Å². The summed E-state index contributed by atoms with van der Waals surface area (Å²) in [6.45, 7) is 4.36. The van der Waals surface area contributed by atoms with E-state index in [-0.39, 0.29) is 0 Å². The zero-order valence-electron chi connectivity index (χ0n) is 14.7. The smallest absolute Gasteiger partial charge is 0.112 e. The summed E-state index contributed by atoms with van der Waals surface area (Å²) in [6, 6.07) is 12.8. The molecule has 1 aliphatic rings. The van der Waals surface area contributed by atoms with E-state index in [1.807, 2.05) is 24.5 Å². The number of aromatic nitrogens is 2. The highest BCUT2D eigenvalue weighted by molar-refractivity contribution is 9.10. The summed E-state index contributed by atoms with van der Waals surface area (Å²) in [5.74, 6) is 0. The Morgan fingerprint density at radius 2 is 1.88 bits per heavy atom. The number of morpholine rings is 1. The van der Waals surface area contributed by atoms with Gasteiger partial charge in [-0.15, -0.1) is 0 Å². The summed E-state index contributed by atoms with van der Waals surface area (Å²) < 4.78 is 6.37. The number of halogens is 1. The number of hydrogen-bond donors (Lipinski definition) is 0. The Bertz CT molecular complexity index is 894. The average Bonchev–Trinajstić information content (AvgIpc) is 2.68. The molecule has 1 aromatic carbocycles. The lowest BCUT2D eigenvalue weighted by Gasteiger charge is -2.29. The van der Waals surface area contributed by atoms with Gasteiger partial charge in [-0.3, -0.25) is 9.97 Å². The van der Waals surface area contributed by atoms with Gasteiger partial charge >= 0.3 is 0 Å². The van der Waals surface area contributed by atoms with Gasteiger partial charge in [-0.25, -0.2) is 0 Å². The highest BCUT2D eigenvalue weighted by Gasteiger charge is 2.12. The highest BCUT2D eigenvalue weighted by atomic mass is 79.9. The predicted octanol–water partition coefficient (Wildman–Crippen LogP) is 3.87. The number of nitrogens with zero attached hydrogens (tertiary/aromatic N) is 4. The SMILES string of the molecule is CN(Cc1ccc(N2CCOCC2)cc1)c1ccnc2cc(Br)cnc12. The number of pyridine rings is 2. The van der Waals surface area contributed by atoms with Crippen molar-refractivity contribution >= 4 is 38.3 Å². The molecular weight excluding hydrogens is 392 g/mol. The Hall–Kier alpha value is -2.18. The van der Waals surface area contributed by atoms with Gasteiger partial charge in [-0.1, -0.05) is 12.1 Å². The summed E-state index contributed by atoms with van der Waals surface area (Å²) in [5, 5.41) is 0. The van der Waals surface area contributed by atoms with Crippen LogP contribution < -0.4 is 9.80 Å². The molecular formula is C20H21BrN4O. The fourth-order valence-electron chi connectivity index (χ4n) is 3.29. The van der Waals surface area contributed by atoms with Gasteiger partial charge in [0, 0.05) is 49.2 Å². The van der Waals surface area contributed by atoms with E-state index >= 15 is 0 Å². The lowest BCUT2D eigenvalue weighted by Crippen LogP contribution is -2.36. The number of rotatable bonds is 4. The summed E-state index contributed by atoms with van der Waals surface area (Å²) in [5.41, 5.74) is 5.43. The van der Waals surface area contributed by atoms with Crippen LogP contribution in [0.15, 0.2) is 53.3 Å². The standard InChI is InChI=1S/C20H21BrN4O/c1-24(19-6-7-22-18-12-16(21)13-23-20(18)19)14-15-2-4-17(5-3-15)25-8-10-26-11-9-25/h2-7,12-13H,8-11,14H2,1H3. The van der Waals surface area contributed by atoms with Crippen molar-refractivity contribution in [1.29, 1.82) is 0 Å². The number of ether oxygens (including phenoxy) is 1. The zero-order chi connectivity index (χ0) is 17.9. The van der Waals surface area contributed by atoms with Crippen LogP contribution in [0.3, 0.4) is 0 Å². The Balaban J connectivity index is 1.52. The van der Waals surface area contributed by atoms with Crippen LogP contribution in [-0.4, -0.2) is 43.3 Å². The van der Waals surface area contributed by atoms with Crippen molar-refractivity contribution in [2.45, 2.75) is 6.54 Å².